The Labute approximate surface area is 103 Å². The van der Waals surface area contributed by atoms with Gasteiger partial charge in [-0.3, -0.25) is 4.79 Å². The largest absolute Gasteiger partial charge is 0.454 e. The van der Waals surface area contributed by atoms with E-state index in [2.05, 4.69) is 33.1 Å². The van der Waals surface area contributed by atoms with Gasteiger partial charge >= 0.3 is 5.97 Å². The van der Waals surface area contributed by atoms with Crippen molar-refractivity contribution in [3.8, 4) is 0 Å². The van der Waals surface area contributed by atoms with E-state index in [1.54, 1.807) is 11.8 Å². The third kappa shape index (κ3) is 3.27. The molecule has 16 heavy (non-hydrogen) atoms. The molecular weight excluding hydrogens is 220 g/mol. The molecule has 1 fully saturated rings. The van der Waals surface area contributed by atoms with Gasteiger partial charge in [0.1, 0.15) is 5.94 Å². The molecule has 0 N–H and O–H groups in total. The Morgan fingerprint density at radius 2 is 1.81 bits per heavy atom. The molecule has 3 heteroatoms. The van der Waals surface area contributed by atoms with Crippen LogP contribution in [0.4, 0.5) is 0 Å². The highest BCUT2D eigenvalue weighted by Gasteiger charge is 2.41. The number of hydrogen-bond acceptors (Lipinski definition) is 3. The van der Waals surface area contributed by atoms with Crippen molar-refractivity contribution in [2.24, 2.45) is 10.8 Å². The average molecular weight is 242 g/mol. The van der Waals surface area contributed by atoms with Gasteiger partial charge in [0.05, 0.1) is 0 Å². The van der Waals surface area contributed by atoms with E-state index in [9.17, 15) is 4.79 Å². The summed E-state index contributed by atoms with van der Waals surface area (Å²) in [6.45, 7) is 10.6. The molecule has 0 aliphatic heterocycles. The van der Waals surface area contributed by atoms with Crippen LogP contribution in [0, 0.1) is 10.8 Å². The molecule has 92 valence electrons. The van der Waals surface area contributed by atoms with E-state index < -0.39 is 0 Å². The highest BCUT2D eigenvalue weighted by Crippen LogP contribution is 2.53. The Kier molecular flexibility index (Phi) is 4.11. The van der Waals surface area contributed by atoms with Crippen LogP contribution in [0.5, 0.6) is 0 Å². The van der Waals surface area contributed by atoms with Crippen molar-refractivity contribution in [3.05, 3.63) is 11.0 Å². The maximum absolute atomic E-state index is 10.6. The van der Waals surface area contributed by atoms with E-state index in [0.29, 0.717) is 5.94 Å². The van der Waals surface area contributed by atoms with Crippen LogP contribution < -0.4 is 0 Å². The Bertz CT molecular complexity index is 285. The molecule has 0 saturated heterocycles. The van der Waals surface area contributed by atoms with Crippen LogP contribution >= 0.6 is 11.8 Å². The molecule has 0 aromatic heterocycles. The van der Waals surface area contributed by atoms with Crippen molar-refractivity contribution in [1.29, 1.82) is 0 Å². The van der Waals surface area contributed by atoms with E-state index in [1.807, 2.05) is 0 Å². The number of carbonyl (C=O) groups is 1. The van der Waals surface area contributed by atoms with Crippen LogP contribution in [0.1, 0.15) is 47.5 Å². The molecule has 0 spiro atoms. The number of ether oxygens (including phenoxy) is 1. The van der Waals surface area contributed by atoms with Gasteiger partial charge < -0.3 is 4.74 Å². The van der Waals surface area contributed by atoms with Gasteiger partial charge in [-0.05, 0) is 29.1 Å². The highest BCUT2D eigenvalue weighted by atomic mass is 32.2. The first-order valence-corrected chi connectivity index (χ1v) is 6.77. The topological polar surface area (TPSA) is 26.3 Å². The second-order valence-electron chi connectivity index (χ2n) is 5.72. The van der Waals surface area contributed by atoms with Crippen molar-refractivity contribution >= 4 is 17.7 Å². The van der Waals surface area contributed by atoms with Gasteiger partial charge in [-0.2, -0.15) is 0 Å². The summed E-state index contributed by atoms with van der Waals surface area (Å²) in [5.74, 6) is 0.209. The van der Waals surface area contributed by atoms with E-state index in [-0.39, 0.29) is 16.8 Å². The van der Waals surface area contributed by atoms with Crippen molar-refractivity contribution in [2.45, 2.75) is 47.5 Å². The lowest BCUT2D eigenvalue weighted by Gasteiger charge is -2.27. The molecule has 0 amide bonds. The van der Waals surface area contributed by atoms with Gasteiger partial charge in [0, 0.05) is 6.92 Å². The summed E-state index contributed by atoms with van der Waals surface area (Å²) < 4.78 is 4.92. The lowest BCUT2D eigenvalue weighted by molar-refractivity contribution is -0.138. The Morgan fingerprint density at radius 1 is 1.31 bits per heavy atom. The Morgan fingerprint density at radius 3 is 2.25 bits per heavy atom. The van der Waals surface area contributed by atoms with Crippen LogP contribution in [0.15, 0.2) is 11.0 Å². The predicted octanol–water partition coefficient (Wildman–Crippen LogP) is 3.97. The molecular formula is C13H22O2S. The van der Waals surface area contributed by atoms with Crippen molar-refractivity contribution < 1.29 is 9.53 Å². The lowest BCUT2D eigenvalue weighted by atomic mass is 9.79. The van der Waals surface area contributed by atoms with Gasteiger partial charge in [0.15, 0.2) is 0 Å². The second kappa shape index (κ2) is 4.82. The number of rotatable bonds is 3. The van der Waals surface area contributed by atoms with Gasteiger partial charge in [-0.25, -0.2) is 0 Å². The minimum Gasteiger partial charge on any atom is -0.454 e. The smallest absolute Gasteiger partial charge is 0.303 e. The fourth-order valence-electron chi connectivity index (χ4n) is 2.36. The standard InChI is InChI=1S/C13H22O2S/c1-10(14)15-9-16-8-11-12(2,3)6-7-13(11,4)5/h8H,6-7,9H2,1-5H3. The number of allylic oxidation sites excluding steroid dienone is 1. The molecule has 1 aliphatic carbocycles. The maximum Gasteiger partial charge on any atom is 0.303 e. The summed E-state index contributed by atoms with van der Waals surface area (Å²) in [5, 5.41) is 2.19. The van der Waals surface area contributed by atoms with Crippen molar-refractivity contribution in [2.75, 3.05) is 5.94 Å². The number of hydrogen-bond donors (Lipinski definition) is 0. The van der Waals surface area contributed by atoms with Gasteiger partial charge in [0.25, 0.3) is 0 Å². The van der Waals surface area contributed by atoms with E-state index >= 15 is 0 Å². The molecule has 1 rings (SSSR count). The minimum absolute atomic E-state index is 0.212. The molecule has 0 bridgehead atoms. The maximum atomic E-state index is 10.6. The molecule has 1 aliphatic rings. The quantitative estimate of drug-likeness (QED) is 0.425. The first kappa shape index (κ1) is 13.6. The summed E-state index contributed by atoms with van der Waals surface area (Å²) in [4.78, 5) is 10.6. The summed E-state index contributed by atoms with van der Waals surface area (Å²) in [6, 6.07) is 0. The van der Waals surface area contributed by atoms with E-state index in [0.717, 1.165) is 0 Å². The van der Waals surface area contributed by atoms with E-state index in [4.69, 9.17) is 4.74 Å². The summed E-state index contributed by atoms with van der Waals surface area (Å²) in [6.07, 6.45) is 2.47. The highest BCUT2D eigenvalue weighted by molar-refractivity contribution is 8.02. The summed E-state index contributed by atoms with van der Waals surface area (Å²) >= 11 is 1.58. The summed E-state index contributed by atoms with van der Waals surface area (Å²) in [7, 11) is 0. The van der Waals surface area contributed by atoms with Crippen molar-refractivity contribution in [1.82, 2.24) is 0 Å². The lowest BCUT2D eigenvalue weighted by Crippen LogP contribution is -2.15. The fraction of sp³-hybridized carbons (Fsp3) is 0.769. The van der Waals surface area contributed by atoms with Gasteiger partial charge in [-0.15, -0.1) is 0 Å². The van der Waals surface area contributed by atoms with Crippen LogP contribution in [0.3, 0.4) is 0 Å². The Balaban J connectivity index is 2.62. The SMILES string of the molecule is CC(=O)OCSC=C1C(C)(C)CCC1(C)C. The van der Waals surface area contributed by atoms with Crippen LogP contribution in [0.2, 0.25) is 0 Å². The zero-order valence-electron chi connectivity index (χ0n) is 10.9. The zero-order valence-corrected chi connectivity index (χ0v) is 11.7. The first-order chi connectivity index (χ1) is 7.26. The molecule has 1 saturated carbocycles. The van der Waals surface area contributed by atoms with Crippen LogP contribution in [-0.4, -0.2) is 11.9 Å². The third-order valence-corrected chi connectivity index (χ3v) is 4.02. The number of thioether (sulfide) groups is 1. The van der Waals surface area contributed by atoms with Crippen molar-refractivity contribution in [3.63, 3.8) is 0 Å². The molecule has 0 atom stereocenters. The molecule has 0 aromatic carbocycles. The van der Waals surface area contributed by atoms with Gasteiger partial charge in [-0.1, -0.05) is 45.0 Å². The van der Waals surface area contributed by atoms with Gasteiger partial charge in [0.2, 0.25) is 0 Å². The molecule has 0 unspecified atom stereocenters. The average Bonchev–Trinajstić information content (AvgIpc) is 2.33. The normalized spacial score (nSPS) is 21.9. The second-order valence-corrected chi connectivity index (χ2v) is 6.52. The zero-order chi connectivity index (χ0) is 12.4. The monoisotopic (exact) mass is 242 g/mol. The molecule has 0 heterocycles. The van der Waals surface area contributed by atoms with Crippen LogP contribution in [0.25, 0.3) is 0 Å². The third-order valence-electron chi connectivity index (χ3n) is 3.36. The van der Waals surface area contributed by atoms with Crippen LogP contribution in [-0.2, 0) is 9.53 Å². The van der Waals surface area contributed by atoms with E-state index in [1.165, 1.54) is 25.3 Å². The Hall–Kier alpha value is -0.440. The first-order valence-electron chi connectivity index (χ1n) is 5.72. The molecule has 0 radical (unpaired) electrons. The number of esters is 1. The molecule has 0 aromatic rings. The summed E-state index contributed by atoms with van der Waals surface area (Å²) in [5.41, 5.74) is 2.05. The minimum atomic E-state index is -0.212. The number of carbonyl (C=O) groups excluding carboxylic acids is 1. The fourth-order valence-corrected chi connectivity index (χ4v) is 3.47. The predicted molar refractivity (Wildman–Crippen MR) is 69.1 cm³/mol. The molecule has 2 nitrogen and oxygen atoms in total.